The molecule has 3 heterocycles. The number of aliphatic hydroxyl groups excluding tert-OH is 2. The molecule has 178 valence electrons. The maximum Gasteiger partial charge on any atom is 0.361 e. The smallest absolute Gasteiger partial charge is 0.361 e. The minimum absolute atomic E-state index is 0.346. The maximum absolute atomic E-state index is 12.5. The van der Waals surface area contributed by atoms with E-state index in [0.717, 1.165) is 0 Å². The number of hydrogen-bond acceptors (Lipinski definition) is 10. The highest BCUT2D eigenvalue weighted by Gasteiger charge is 2.43. The summed E-state index contributed by atoms with van der Waals surface area (Å²) >= 11 is 0. The molecule has 2 aromatic carbocycles. The minimum Gasteiger partial charge on any atom is -0.448 e. The largest absolute Gasteiger partial charge is 0.448 e. The van der Waals surface area contributed by atoms with Gasteiger partial charge in [0, 0.05) is 0 Å². The van der Waals surface area contributed by atoms with Crippen LogP contribution in [0.5, 0.6) is 0 Å². The van der Waals surface area contributed by atoms with Crippen molar-refractivity contribution < 1.29 is 29.3 Å². The molecule has 2 amide bonds. The first-order chi connectivity index (χ1) is 17.4. The molecule has 36 heavy (non-hydrogen) atoms. The van der Waals surface area contributed by atoms with Crippen LogP contribution in [0.2, 0.25) is 0 Å². The molecule has 3 aliphatic rings. The Labute approximate surface area is 199 Å². The van der Waals surface area contributed by atoms with Crippen LogP contribution >= 0.6 is 0 Å². The molecule has 0 radical (unpaired) electrons. The standard InChI is InChI=1S/C22H14N8O6/c31-9-14(32)17-15(27-29-18-20(33)25-12-7-3-1-5-10(12)23-18)16(22(35)36-17)28-30-19-21(34)26-13-8-4-2-6-11(13)24-19/h1-8,14,17,31-32H,9H2/b27-15+,28-16-,29-18+,30-19+. The molecule has 0 spiro atoms. The van der Waals surface area contributed by atoms with Crippen molar-refractivity contribution in [1.29, 1.82) is 0 Å². The molecule has 3 aliphatic heterocycles. The number of fused-ring (bicyclic) bond motifs is 2. The normalized spacial score (nSPS) is 23.9. The van der Waals surface area contributed by atoms with Gasteiger partial charge in [-0.1, -0.05) is 24.3 Å². The number of cyclic esters (lactones) is 1. The Morgan fingerprint density at radius 3 is 1.72 bits per heavy atom. The van der Waals surface area contributed by atoms with E-state index < -0.39 is 54.0 Å². The lowest BCUT2D eigenvalue weighted by Gasteiger charge is -2.13. The molecule has 0 bridgehead atoms. The van der Waals surface area contributed by atoms with Crippen molar-refractivity contribution in [2.24, 2.45) is 40.4 Å². The molecule has 2 N–H and O–H groups in total. The monoisotopic (exact) mass is 486 g/mol. The first-order valence-electron chi connectivity index (χ1n) is 10.4. The Hall–Kier alpha value is -4.95. The van der Waals surface area contributed by atoms with Crippen LogP contribution in [0.1, 0.15) is 0 Å². The molecule has 5 rings (SSSR count). The van der Waals surface area contributed by atoms with Crippen molar-refractivity contribution in [3.63, 3.8) is 0 Å². The molecule has 0 aromatic heterocycles. The van der Waals surface area contributed by atoms with Gasteiger partial charge in [0.1, 0.15) is 11.8 Å². The zero-order valence-corrected chi connectivity index (χ0v) is 18.1. The fourth-order valence-corrected chi connectivity index (χ4v) is 3.30. The van der Waals surface area contributed by atoms with Gasteiger partial charge in [0.05, 0.1) is 28.0 Å². The van der Waals surface area contributed by atoms with Crippen LogP contribution in [-0.4, -0.2) is 69.9 Å². The average Bonchev–Trinajstić information content (AvgIpc) is 3.20. The second kappa shape index (κ2) is 9.36. The summed E-state index contributed by atoms with van der Waals surface area (Å²) in [7, 11) is 0. The summed E-state index contributed by atoms with van der Waals surface area (Å²) in [4.78, 5) is 52.9. The van der Waals surface area contributed by atoms with Gasteiger partial charge < -0.3 is 14.9 Å². The van der Waals surface area contributed by atoms with Crippen LogP contribution in [0.4, 0.5) is 0 Å². The van der Waals surface area contributed by atoms with Gasteiger partial charge in [0.25, 0.3) is 0 Å². The summed E-state index contributed by atoms with van der Waals surface area (Å²) in [5, 5.41) is 36.0. The number of carbonyl (C=O) groups excluding carboxylic acids is 3. The number of nitrogens with zero attached hydrogens (tertiary/aromatic N) is 8. The number of ether oxygens (including phenoxy) is 1. The summed E-state index contributed by atoms with van der Waals surface area (Å²) in [5.41, 5.74) is -0.868. The van der Waals surface area contributed by atoms with E-state index in [0.29, 0.717) is 21.4 Å². The van der Waals surface area contributed by atoms with Crippen molar-refractivity contribution in [3.8, 4) is 0 Å². The Morgan fingerprint density at radius 1 is 0.750 bits per heavy atom. The average molecular weight is 486 g/mol. The SMILES string of the molecule is O=C1OC(C(O)CO)C(=N/N=C2/N=c3ccccc3=NC2=O)/C1=N/N=C1/N=c2ccccc2=NC1=O. The molecule has 0 saturated carbocycles. The van der Waals surface area contributed by atoms with Gasteiger partial charge in [-0.2, -0.15) is 0 Å². The molecule has 2 aromatic rings. The Morgan fingerprint density at radius 2 is 1.22 bits per heavy atom. The molecule has 2 atom stereocenters. The van der Waals surface area contributed by atoms with E-state index in [9.17, 15) is 24.6 Å². The first-order valence-corrected chi connectivity index (χ1v) is 10.4. The lowest BCUT2D eigenvalue weighted by atomic mass is 10.1. The maximum atomic E-state index is 12.5. The third-order valence-corrected chi connectivity index (χ3v) is 5.02. The number of amides is 2. The van der Waals surface area contributed by atoms with Crippen LogP contribution in [-0.2, 0) is 19.1 Å². The van der Waals surface area contributed by atoms with E-state index in [1.807, 2.05) is 0 Å². The van der Waals surface area contributed by atoms with Crippen LogP contribution in [0.15, 0.2) is 88.9 Å². The molecule has 0 aliphatic carbocycles. The first kappa shape index (κ1) is 22.8. The number of carbonyl (C=O) groups is 3. The molecule has 1 saturated heterocycles. The lowest BCUT2D eigenvalue weighted by Crippen LogP contribution is -2.36. The van der Waals surface area contributed by atoms with E-state index >= 15 is 0 Å². The zero-order chi connectivity index (χ0) is 25.2. The van der Waals surface area contributed by atoms with Crippen LogP contribution in [0.3, 0.4) is 0 Å². The topological polar surface area (TPSA) is 200 Å². The highest BCUT2D eigenvalue weighted by molar-refractivity contribution is 6.69. The van der Waals surface area contributed by atoms with Crippen molar-refractivity contribution in [2.75, 3.05) is 6.61 Å². The summed E-state index contributed by atoms with van der Waals surface area (Å²) < 4.78 is 5.06. The van der Waals surface area contributed by atoms with Gasteiger partial charge in [-0.15, -0.1) is 20.4 Å². The van der Waals surface area contributed by atoms with Crippen LogP contribution in [0, 0.1) is 0 Å². The highest BCUT2D eigenvalue weighted by Crippen LogP contribution is 2.15. The number of hydrogen-bond donors (Lipinski definition) is 2. The fourth-order valence-electron chi connectivity index (χ4n) is 3.30. The van der Waals surface area contributed by atoms with E-state index in [1.54, 1.807) is 48.5 Å². The zero-order valence-electron chi connectivity index (χ0n) is 18.1. The third kappa shape index (κ3) is 4.28. The van der Waals surface area contributed by atoms with Gasteiger partial charge in [-0.3, -0.25) is 9.59 Å². The van der Waals surface area contributed by atoms with E-state index in [2.05, 4.69) is 40.4 Å². The van der Waals surface area contributed by atoms with Gasteiger partial charge in [-0.05, 0) is 24.3 Å². The van der Waals surface area contributed by atoms with E-state index in [1.165, 1.54) is 0 Å². The summed E-state index contributed by atoms with van der Waals surface area (Å²) in [6.07, 6.45) is -3.06. The van der Waals surface area contributed by atoms with Crippen molar-refractivity contribution in [2.45, 2.75) is 12.2 Å². The van der Waals surface area contributed by atoms with Crippen molar-refractivity contribution in [1.82, 2.24) is 0 Å². The van der Waals surface area contributed by atoms with Crippen LogP contribution in [0.25, 0.3) is 0 Å². The number of esters is 1. The van der Waals surface area contributed by atoms with Gasteiger partial charge in [-0.25, -0.2) is 24.8 Å². The summed E-state index contributed by atoms with van der Waals surface area (Å²) in [6, 6.07) is 13.2. The Balaban J connectivity index is 1.57. The predicted molar refractivity (Wildman–Crippen MR) is 120 cm³/mol. The van der Waals surface area contributed by atoms with Crippen molar-refractivity contribution >= 4 is 40.9 Å². The van der Waals surface area contributed by atoms with Crippen LogP contribution < -0.4 is 21.4 Å². The fraction of sp³-hybridized carbons (Fsp3) is 0.136. The third-order valence-electron chi connectivity index (χ3n) is 5.02. The van der Waals surface area contributed by atoms with Crippen molar-refractivity contribution in [3.05, 3.63) is 70.0 Å². The lowest BCUT2D eigenvalue weighted by molar-refractivity contribution is -0.140. The number of para-hydroxylation sites is 4. The highest BCUT2D eigenvalue weighted by atomic mass is 16.6. The molecular formula is C22H14N8O6. The van der Waals surface area contributed by atoms with Gasteiger partial charge in [0.2, 0.25) is 11.7 Å². The van der Waals surface area contributed by atoms with E-state index in [4.69, 9.17) is 4.74 Å². The Kier molecular flexibility index (Phi) is 5.93. The quantitative estimate of drug-likeness (QED) is 0.335. The summed E-state index contributed by atoms with van der Waals surface area (Å²) in [5.74, 6) is -3.43. The second-order valence-corrected chi connectivity index (χ2v) is 7.39. The number of benzene rings is 2. The number of rotatable bonds is 4. The molecule has 1 fully saturated rings. The second-order valence-electron chi connectivity index (χ2n) is 7.39. The molecule has 14 heteroatoms. The van der Waals surface area contributed by atoms with Gasteiger partial charge >= 0.3 is 17.8 Å². The molecule has 14 nitrogen and oxygen atoms in total. The number of amidine groups is 2. The van der Waals surface area contributed by atoms with E-state index in [-0.39, 0.29) is 5.71 Å². The predicted octanol–water partition coefficient (Wildman–Crippen LogP) is -3.27. The molecule has 2 unspecified atom stereocenters. The number of aliphatic hydroxyl groups is 2. The minimum atomic E-state index is -1.58. The summed E-state index contributed by atoms with van der Waals surface area (Å²) in [6.45, 7) is -0.787. The Bertz CT molecular complexity index is 1690. The molecular weight excluding hydrogens is 472 g/mol. The van der Waals surface area contributed by atoms with Gasteiger partial charge in [0.15, 0.2) is 11.8 Å².